The number of anilines is 3. The number of hydrogen-bond donors (Lipinski definition) is 2. The fourth-order valence-corrected chi connectivity index (χ4v) is 5.28. The van der Waals surface area contributed by atoms with Crippen molar-refractivity contribution < 1.29 is 18.0 Å². The van der Waals surface area contributed by atoms with Crippen LogP contribution in [0.4, 0.5) is 17.1 Å². The zero-order valence-electron chi connectivity index (χ0n) is 16.9. The van der Waals surface area contributed by atoms with Gasteiger partial charge < -0.3 is 15.5 Å². The maximum absolute atomic E-state index is 13.2. The van der Waals surface area contributed by atoms with Crippen molar-refractivity contribution in [3.05, 3.63) is 47.5 Å². The minimum Gasteiger partial charge on any atom is -0.369 e. The molecule has 2 aliphatic heterocycles. The molecular weight excluding hydrogens is 404 g/mol. The van der Waals surface area contributed by atoms with Crippen LogP contribution in [-0.2, 0) is 19.6 Å². The fourth-order valence-electron chi connectivity index (χ4n) is 3.83. The van der Waals surface area contributed by atoms with Crippen molar-refractivity contribution in [2.45, 2.75) is 25.2 Å². The number of nitrogens with one attached hydrogen (secondary N) is 2. The maximum atomic E-state index is 13.2. The Morgan fingerprint density at radius 1 is 0.867 bits per heavy atom. The van der Waals surface area contributed by atoms with Crippen LogP contribution < -0.4 is 15.5 Å². The molecule has 0 unspecified atom stereocenters. The number of amides is 2. The summed E-state index contributed by atoms with van der Waals surface area (Å²) in [7, 11) is -3.72. The Bertz CT molecular complexity index is 1120. The Morgan fingerprint density at radius 2 is 1.53 bits per heavy atom. The third-order valence-corrected chi connectivity index (χ3v) is 7.55. The van der Waals surface area contributed by atoms with E-state index in [0.29, 0.717) is 37.6 Å². The molecule has 30 heavy (non-hydrogen) atoms. The molecular formula is C21H24N4O4S. The highest BCUT2D eigenvalue weighted by Crippen LogP contribution is 2.30. The van der Waals surface area contributed by atoms with Crippen molar-refractivity contribution in [2.24, 2.45) is 0 Å². The molecule has 4 rings (SSSR count). The van der Waals surface area contributed by atoms with Crippen LogP contribution in [0.2, 0.25) is 0 Å². The van der Waals surface area contributed by atoms with Gasteiger partial charge in [-0.15, -0.1) is 0 Å². The second-order valence-corrected chi connectivity index (χ2v) is 9.53. The monoisotopic (exact) mass is 428 g/mol. The molecule has 2 aromatic rings. The lowest BCUT2D eigenvalue weighted by Crippen LogP contribution is -2.48. The Kier molecular flexibility index (Phi) is 5.25. The molecule has 0 saturated carbocycles. The van der Waals surface area contributed by atoms with Crippen molar-refractivity contribution in [3.8, 4) is 0 Å². The zero-order valence-corrected chi connectivity index (χ0v) is 17.8. The van der Waals surface area contributed by atoms with Gasteiger partial charge in [0, 0.05) is 31.9 Å². The van der Waals surface area contributed by atoms with E-state index in [1.807, 2.05) is 6.07 Å². The average molecular weight is 429 g/mol. The first kappa shape index (κ1) is 20.4. The molecule has 0 aliphatic carbocycles. The lowest BCUT2D eigenvalue weighted by atomic mass is 10.1. The first-order valence-electron chi connectivity index (χ1n) is 9.81. The van der Waals surface area contributed by atoms with E-state index in [1.165, 1.54) is 33.6 Å². The van der Waals surface area contributed by atoms with Gasteiger partial charge in [-0.3, -0.25) is 9.59 Å². The van der Waals surface area contributed by atoms with Gasteiger partial charge >= 0.3 is 0 Å². The van der Waals surface area contributed by atoms with Crippen molar-refractivity contribution >= 4 is 38.9 Å². The van der Waals surface area contributed by atoms with Crippen LogP contribution in [0.3, 0.4) is 0 Å². The van der Waals surface area contributed by atoms with Crippen LogP contribution in [0.15, 0.2) is 41.3 Å². The van der Waals surface area contributed by atoms with Crippen LogP contribution in [0.25, 0.3) is 0 Å². The Labute approximate surface area is 175 Å². The highest BCUT2D eigenvalue weighted by molar-refractivity contribution is 7.89. The minimum atomic E-state index is -3.72. The van der Waals surface area contributed by atoms with E-state index in [1.54, 1.807) is 0 Å². The summed E-state index contributed by atoms with van der Waals surface area (Å²) in [4.78, 5) is 25.8. The smallest absolute Gasteiger partial charge is 0.243 e. The van der Waals surface area contributed by atoms with E-state index in [9.17, 15) is 18.0 Å². The van der Waals surface area contributed by atoms with Crippen molar-refractivity contribution in [2.75, 3.05) is 41.7 Å². The minimum absolute atomic E-state index is 0.0953. The molecule has 2 heterocycles. The van der Waals surface area contributed by atoms with Gasteiger partial charge in [-0.2, -0.15) is 4.31 Å². The van der Waals surface area contributed by atoms with Crippen LogP contribution in [0, 0.1) is 13.8 Å². The molecule has 2 aromatic carbocycles. The molecule has 0 aromatic heterocycles. The lowest BCUT2D eigenvalue weighted by molar-refractivity contribution is -0.123. The van der Waals surface area contributed by atoms with Gasteiger partial charge in [0.2, 0.25) is 21.8 Å². The molecule has 1 fully saturated rings. The third kappa shape index (κ3) is 3.78. The van der Waals surface area contributed by atoms with E-state index in [4.69, 9.17) is 0 Å². The summed E-state index contributed by atoms with van der Waals surface area (Å²) >= 11 is 0. The average Bonchev–Trinajstić information content (AvgIpc) is 2.85. The summed E-state index contributed by atoms with van der Waals surface area (Å²) < 4.78 is 27.8. The van der Waals surface area contributed by atoms with Crippen LogP contribution in [0.1, 0.15) is 17.5 Å². The number of sulfonamides is 1. The van der Waals surface area contributed by atoms with Gasteiger partial charge in [-0.05, 0) is 49.2 Å². The van der Waals surface area contributed by atoms with E-state index in [0.717, 1.165) is 5.69 Å². The first-order valence-corrected chi connectivity index (χ1v) is 11.2. The molecule has 2 N–H and O–H groups in total. The first-order chi connectivity index (χ1) is 14.3. The van der Waals surface area contributed by atoms with Crippen LogP contribution in [-0.4, -0.2) is 50.7 Å². The number of fused-ring (bicyclic) bond motifs is 1. The maximum Gasteiger partial charge on any atom is 0.243 e. The lowest BCUT2D eigenvalue weighted by Gasteiger charge is -2.36. The summed E-state index contributed by atoms with van der Waals surface area (Å²) in [5.74, 6) is -0.896. The fraction of sp³-hybridized carbons (Fsp3) is 0.333. The molecule has 0 bridgehead atoms. The second-order valence-electron chi connectivity index (χ2n) is 7.59. The molecule has 0 atom stereocenters. The van der Waals surface area contributed by atoms with E-state index >= 15 is 0 Å². The number of hydrogen-bond acceptors (Lipinski definition) is 5. The van der Waals surface area contributed by atoms with Gasteiger partial charge in [-0.1, -0.05) is 12.1 Å². The zero-order chi connectivity index (χ0) is 21.5. The van der Waals surface area contributed by atoms with Crippen molar-refractivity contribution in [1.82, 2.24) is 4.31 Å². The van der Waals surface area contributed by atoms with Crippen LogP contribution in [0.5, 0.6) is 0 Å². The van der Waals surface area contributed by atoms with Gasteiger partial charge in [-0.25, -0.2) is 8.42 Å². The van der Waals surface area contributed by atoms with Crippen LogP contribution >= 0.6 is 0 Å². The molecule has 9 heteroatoms. The largest absolute Gasteiger partial charge is 0.369 e. The standard InChI is InChI=1S/C21H24N4O4S/c1-14-4-3-5-19(15(14)2)24-8-10-25(11-9-24)30(28,29)16-6-7-17-18(12-16)23-21(27)13-20(26)22-17/h3-7,12H,8-11,13H2,1-2H3,(H,22,26)(H,23,27). The molecule has 8 nitrogen and oxygen atoms in total. The summed E-state index contributed by atoms with van der Waals surface area (Å²) in [6, 6.07) is 10.5. The summed E-state index contributed by atoms with van der Waals surface area (Å²) in [6.07, 6.45) is -0.295. The normalized spacial score (nSPS) is 17.7. The number of carbonyl (C=O) groups is 2. The summed E-state index contributed by atoms with van der Waals surface area (Å²) in [5, 5.41) is 5.20. The number of nitrogens with zero attached hydrogens (tertiary/aromatic N) is 2. The third-order valence-electron chi connectivity index (χ3n) is 5.65. The summed E-state index contributed by atoms with van der Waals surface area (Å²) in [5.41, 5.74) is 4.24. The molecule has 0 radical (unpaired) electrons. The molecule has 2 amide bonds. The van der Waals surface area contributed by atoms with Gasteiger partial charge in [0.1, 0.15) is 6.42 Å². The van der Waals surface area contributed by atoms with Gasteiger partial charge in [0.15, 0.2) is 0 Å². The number of rotatable bonds is 3. The SMILES string of the molecule is Cc1cccc(N2CCN(S(=O)(=O)c3ccc4c(c3)NC(=O)CC(=O)N4)CC2)c1C. The van der Waals surface area contributed by atoms with Gasteiger partial charge in [0.25, 0.3) is 0 Å². The number of aryl methyl sites for hydroxylation is 1. The van der Waals surface area contributed by atoms with E-state index < -0.39 is 21.8 Å². The quantitative estimate of drug-likeness (QED) is 0.730. The Hall–Kier alpha value is -2.91. The number of piperazine rings is 1. The number of benzene rings is 2. The predicted octanol–water partition coefficient (Wildman–Crippen LogP) is 2.10. The molecule has 0 spiro atoms. The highest BCUT2D eigenvalue weighted by Gasteiger charge is 2.30. The molecule has 158 valence electrons. The second kappa shape index (κ2) is 7.73. The Morgan fingerprint density at radius 3 is 2.23 bits per heavy atom. The Balaban J connectivity index is 1.53. The highest BCUT2D eigenvalue weighted by atomic mass is 32.2. The summed E-state index contributed by atoms with van der Waals surface area (Å²) in [6.45, 7) is 6.09. The van der Waals surface area contributed by atoms with Gasteiger partial charge in [0.05, 0.1) is 16.3 Å². The topological polar surface area (TPSA) is 98.8 Å². The van der Waals surface area contributed by atoms with E-state index in [-0.39, 0.29) is 11.3 Å². The molecule has 1 saturated heterocycles. The van der Waals surface area contributed by atoms with Crippen molar-refractivity contribution in [1.29, 1.82) is 0 Å². The number of carbonyl (C=O) groups excluding carboxylic acids is 2. The van der Waals surface area contributed by atoms with E-state index in [2.05, 4.69) is 41.5 Å². The predicted molar refractivity (Wildman–Crippen MR) is 115 cm³/mol. The molecule has 2 aliphatic rings. The van der Waals surface area contributed by atoms with Crippen molar-refractivity contribution in [3.63, 3.8) is 0 Å².